The Kier molecular flexibility index (Phi) is 9.76. The van der Waals surface area contributed by atoms with Gasteiger partial charge in [-0.2, -0.15) is 4.31 Å². The second-order valence-corrected chi connectivity index (χ2v) is 11.6. The van der Waals surface area contributed by atoms with Crippen LogP contribution in [-0.4, -0.2) is 62.2 Å². The summed E-state index contributed by atoms with van der Waals surface area (Å²) in [5, 5.41) is 3.49. The summed E-state index contributed by atoms with van der Waals surface area (Å²) in [5.74, 6) is -0.104. The van der Waals surface area contributed by atoms with Gasteiger partial charge in [0.2, 0.25) is 21.8 Å². The van der Waals surface area contributed by atoms with Crippen LogP contribution in [-0.2, 0) is 26.2 Å². The number of carbonyl (C=O) groups excluding carboxylic acids is 2. The third kappa shape index (κ3) is 7.21. The molecule has 0 bridgehead atoms. The van der Waals surface area contributed by atoms with Crippen LogP contribution in [0.25, 0.3) is 0 Å². The van der Waals surface area contributed by atoms with E-state index >= 15 is 0 Å². The molecule has 10 heteroatoms. The Hall–Kier alpha value is -2.62. The normalized spacial score (nSPS) is 15.4. The van der Waals surface area contributed by atoms with Gasteiger partial charge in [-0.05, 0) is 61.7 Å². The molecular formula is C26H34ClN3O5S. The summed E-state index contributed by atoms with van der Waals surface area (Å²) in [6.45, 7) is 1.38. The Morgan fingerprint density at radius 3 is 2.42 bits per heavy atom. The Bertz CT molecular complexity index is 1150. The second-order valence-electron chi connectivity index (χ2n) is 9.11. The van der Waals surface area contributed by atoms with Crippen LogP contribution in [0.2, 0.25) is 5.02 Å². The van der Waals surface area contributed by atoms with Crippen LogP contribution < -0.4 is 10.1 Å². The molecule has 0 unspecified atom stereocenters. The number of rotatable bonds is 10. The van der Waals surface area contributed by atoms with Crippen LogP contribution in [0.3, 0.4) is 0 Å². The highest BCUT2D eigenvalue weighted by Gasteiger charge is 2.31. The molecule has 196 valence electrons. The number of hydrogen-bond donors (Lipinski definition) is 1. The Balaban J connectivity index is 1.80. The van der Waals surface area contributed by atoms with Gasteiger partial charge in [0, 0.05) is 24.7 Å². The van der Waals surface area contributed by atoms with Crippen molar-refractivity contribution in [3.63, 3.8) is 0 Å². The fourth-order valence-corrected chi connectivity index (χ4v) is 5.52. The van der Waals surface area contributed by atoms with E-state index in [9.17, 15) is 18.0 Å². The highest BCUT2D eigenvalue weighted by atomic mass is 35.5. The molecule has 8 nitrogen and oxygen atoms in total. The lowest BCUT2D eigenvalue weighted by Gasteiger charge is -2.32. The highest BCUT2D eigenvalue weighted by Crippen LogP contribution is 2.21. The van der Waals surface area contributed by atoms with E-state index in [0.717, 1.165) is 42.0 Å². The third-order valence-electron chi connectivity index (χ3n) is 6.49. The number of hydrogen-bond acceptors (Lipinski definition) is 5. The van der Waals surface area contributed by atoms with Crippen molar-refractivity contribution in [2.75, 3.05) is 20.7 Å². The lowest BCUT2D eigenvalue weighted by Crippen LogP contribution is -2.52. The van der Waals surface area contributed by atoms with Crippen molar-refractivity contribution in [1.29, 1.82) is 0 Å². The minimum Gasteiger partial charge on any atom is -0.497 e. The molecular weight excluding hydrogens is 502 g/mol. The first-order chi connectivity index (χ1) is 17.1. The maximum atomic E-state index is 13.5. The van der Waals surface area contributed by atoms with E-state index in [2.05, 4.69) is 5.32 Å². The average Bonchev–Trinajstić information content (AvgIpc) is 2.87. The number of halogens is 1. The van der Waals surface area contributed by atoms with Gasteiger partial charge in [0.25, 0.3) is 0 Å². The van der Waals surface area contributed by atoms with E-state index in [1.54, 1.807) is 32.2 Å². The largest absolute Gasteiger partial charge is 0.497 e. The molecule has 1 atom stereocenters. The van der Waals surface area contributed by atoms with E-state index in [4.69, 9.17) is 16.3 Å². The Labute approximate surface area is 218 Å². The van der Waals surface area contributed by atoms with E-state index in [-0.39, 0.29) is 23.4 Å². The summed E-state index contributed by atoms with van der Waals surface area (Å²) >= 11 is 5.88. The first-order valence-corrected chi connectivity index (χ1v) is 13.9. The summed E-state index contributed by atoms with van der Waals surface area (Å²) in [6, 6.07) is 12.3. The van der Waals surface area contributed by atoms with Crippen LogP contribution in [0.1, 0.15) is 44.6 Å². The minimum absolute atomic E-state index is 0.0321. The molecule has 2 aromatic rings. The average molecular weight is 536 g/mol. The number of methoxy groups -OCH3 is 1. The molecule has 1 N–H and O–H groups in total. The van der Waals surface area contributed by atoms with Crippen molar-refractivity contribution in [3.05, 3.63) is 59.1 Å². The standard InChI is InChI=1S/C26H34ClN3O5S/c1-19(26(32)28-22-9-5-4-6-10-22)30(17-20-8-7-11-23(16-20)35-3)25(31)18-29(2)36(33,34)24-14-12-21(27)13-15-24/h7-8,11-16,19,22H,4-6,9-10,17-18H2,1-3H3,(H,28,32)/t19-/m0/s1. The molecule has 36 heavy (non-hydrogen) atoms. The van der Waals surface area contributed by atoms with Crippen LogP contribution >= 0.6 is 11.6 Å². The number of benzene rings is 2. The topological polar surface area (TPSA) is 96.0 Å². The number of sulfonamides is 1. The number of amides is 2. The molecule has 0 spiro atoms. The molecule has 0 heterocycles. The van der Waals surface area contributed by atoms with Gasteiger partial charge >= 0.3 is 0 Å². The fraction of sp³-hybridized carbons (Fsp3) is 0.462. The molecule has 1 aliphatic carbocycles. The molecule has 0 aliphatic heterocycles. The van der Waals surface area contributed by atoms with Gasteiger partial charge in [0.15, 0.2) is 0 Å². The summed E-state index contributed by atoms with van der Waals surface area (Å²) in [4.78, 5) is 28.1. The predicted octanol–water partition coefficient (Wildman–Crippen LogP) is 3.84. The first-order valence-electron chi connectivity index (χ1n) is 12.1. The smallest absolute Gasteiger partial charge is 0.243 e. The van der Waals surface area contributed by atoms with Gasteiger partial charge < -0.3 is 15.0 Å². The summed E-state index contributed by atoms with van der Waals surface area (Å²) in [6.07, 6.45) is 5.14. The zero-order chi connectivity index (χ0) is 26.3. The Morgan fingerprint density at radius 1 is 1.11 bits per heavy atom. The van der Waals surface area contributed by atoms with Crippen molar-refractivity contribution in [2.24, 2.45) is 0 Å². The SMILES string of the molecule is COc1cccc(CN(C(=O)CN(C)S(=O)(=O)c2ccc(Cl)cc2)[C@@H](C)C(=O)NC2CCCCC2)c1. The van der Waals surface area contributed by atoms with Crippen molar-refractivity contribution < 1.29 is 22.7 Å². The van der Waals surface area contributed by atoms with Crippen molar-refractivity contribution in [1.82, 2.24) is 14.5 Å². The molecule has 0 aromatic heterocycles. The minimum atomic E-state index is -3.93. The quantitative estimate of drug-likeness (QED) is 0.499. The molecule has 2 aromatic carbocycles. The van der Waals surface area contributed by atoms with Gasteiger partial charge in [-0.3, -0.25) is 9.59 Å². The van der Waals surface area contributed by atoms with Crippen LogP contribution in [0.5, 0.6) is 5.75 Å². The molecule has 2 amide bonds. The molecule has 0 radical (unpaired) electrons. The van der Waals surface area contributed by atoms with E-state index < -0.39 is 28.5 Å². The van der Waals surface area contributed by atoms with Crippen molar-refractivity contribution in [3.8, 4) is 5.75 Å². The zero-order valence-electron chi connectivity index (χ0n) is 20.9. The monoisotopic (exact) mass is 535 g/mol. The lowest BCUT2D eigenvalue weighted by molar-refractivity contribution is -0.141. The summed E-state index contributed by atoms with van der Waals surface area (Å²) in [5.41, 5.74) is 0.767. The van der Waals surface area contributed by atoms with Crippen molar-refractivity contribution in [2.45, 2.75) is 62.6 Å². The number of nitrogens with zero attached hydrogens (tertiary/aromatic N) is 2. The van der Waals surface area contributed by atoms with Gasteiger partial charge in [0.1, 0.15) is 11.8 Å². The fourth-order valence-electron chi connectivity index (χ4n) is 4.27. The third-order valence-corrected chi connectivity index (χ3v) is 8.56. The van der Waals surface area contributed by atoms with Gasteiger partial charge in [-0.1, -0.05) is 43.0 Å². The van der Waals surface area contributed by atoms with Gasteiger partial charge in [-0.15, -0.1) is 0 Å². The van der Waals surface area contributed by atoms with Crippen molar-refractivity contribution >= 4 is 33.4 Å². The highest BCUT2D eigenvalue weighted by molar-refractivity contribution is 7.89. The van der Waals surface area contributed by atoms with Crippen LogP contribution in [0.4, 0.5) is 0 Å². The second kappa shape index (κ2) is 12.6. The van der Waals surface area contributed by atoms with Crippen LogP contribution in [0.15, 0.2) is 53.4 Å². The van der Waals surface area contributed by atoms with Crippen LogP contribution in [0, 0.1) is 0 Å². The lowest BCUT2D eigenvalue weighted by atomic mass is 9.95. The number of carbonyl (C=O) groups is 2. The number of nitrogens with one attached hydrogen (secondary N) is 1. The predicted molar refractivity (Wildman–Crippen MR) is 139 cm³/mol. The van der Waals surface area contributed by atoms with Gasteiger partial charge in [0.05, 0.1) is 18.6 Å². The molecule has 1 fully saturated rings. The first kappa shape index (κ1) is 28.0. The summed E-state index contributed by atoms with van der Waals surface area (Å²) in [7, 11) is -1.03. The Morgan fingerprint density at radius 2 is 1.78 bits per heavy atom. The molecule has 0 saturated heterocycles. The number of ether oxygens (including phenoxy) is 1. The maximum Gasteiger partial charge on any atom is 0.243 e. The van der Waals surface area contributed by atoms with E-state index in [1.807, 2.05) is 6.07 Å². The number of likely N-dealkylation sites (N-methyl/N-ethyl adjacent to an activating group) is 1. The van der Waals surface area contributed by atoms with E-state index in [0.29, 0.717) is 10.8 Å². The molecule has 1 aliphatic rings. The zero-order valence-corrected chi connectivity index (χ0v) is 22.5. The summed E-state index contributed by atoms with van der Waals surface area (Å²) < 4.78 is 32.3. The maximum absolute atomic E-state index is 13.5. The molecule has 1 saturated carbocycles. The molecule has 3 rings (SSSR count). The van der Waals surface area contributed by atoms with Gasteiger partial charge in [-0.25, -0.2) is 8.42 Å². The van der Waals surface area contributed by atoms with E-state index in [1.165, 1.54) is 36.2 Å².